The number of para-hydroxylation sites is 1. The standard InChI is InChI=1S/C19H15F4N3O/c1-2-26-17(12-6-5-7-13(10-12)19(21,22)23)11-16(25-26)18(27)24-15-9-4-3-8-14(15)20/h3-11H,2H2,1H3,(H,24,27). The lowest BCUT2D eigenvalue weighted by atomic mass is 10.1. The van der Waals surface area contributed by atoms with Crippen molar-refractivity contribution >= 4 is 11.6 Å². The highest BCUT2D eigenvalue weighted by Gasteiger charge is 2.30. The summed E-state index contributed by atoms with van der Waals surface area (Å²) in [5.41, 5.74) is -0.172. The van der Waals surface area contributed by atoms with Crippen molar-refractivity contribution in [2.24, 2.45) is 0 Å². The maximum Gasteiger partial charge on any atom is 0.416 e. The zero-order chi connectivity index (χ0) is 19.6. The van der Waals surface area contributed by atoms with Crippen LogP contribution in [0.1, 0.15) is 23.0 Å². The Hall–Kier alpha value is -3.16. The van der Waals surface area contributed by atoms with Crippen LogP contribution in [-0.4, -0.2) is 15.7 Å². The van der Waals surface area contributed by atoms with Crippen molar-refractivity contribution in [2.75, 3.05) is 5.32 Å². The molecule has 0 atom stereocenters. The molecule has 4 nitrogen and oxygen atoms in total. The van der Waals surface area contributed by atoms with Crippen LogP contribution in [0.3, 0.4) is 0 Å². The number of nitrogens with one attached hydrogen (secondary N) is 1. The van der Waals surface area contributed by atoms with Gasteiger partial charge in [0.05, 0.1) is 16.9 Å². The lowest BCUT2D eigenvalue weighted by Gasteiger charge is -2.09. The molecule has 0 aliphatic rings. The summed E-state index contributed by atoms with van der Waals surface area (Å²) in [5, 5.41) is 6.53. The Kier molecular flexibility index (Phi) is 4.98. The highest BCUT2D eigenvalue weighted by molar-refractivity contribution is 6.03. The molecule has 0 bridgehead atoms. The zero-order valence-corrected chi connectivity index (χ0v) is 14.2. The van der Waals surface area contributed by atoms with Crippen molar-refractivity contribution < 1.29 is 22.4 Å². The van der Waals surface area contributed by atoms with Crippen molar-refractivity contribution in [1.29, 1.82) is 0 Å². The van der Waals surface area contributed by atoms with Crippen molar-refractivity contribution in [3.8, 4) is 11.3 Å². The van der Waals surface area contributed by atoms with Gasteiger partial charge in [0.15, 0.2) is 5.69 Å². The van der Waals surface area contributed by atoms with E-state index in [1.54, 1.807) is 13.0 Å². The van der Waals surface area contributed by atoms with Crippen LogP contribution in [0.25, 0.3) is 11.3 Å². The molecule has 1 N–H and O–H groups in total. The molecule has 0 aliphatic heterocycles. The maximum absolute atomic E-state index is 13.7. The molecular formula is C19H15F4N3O. The molecule has 8 heteroatoms. The zero-order valence-electron chi connectivity index (χ0n) is 14.2. The summed E-state index contributed by atoms with van der Waals surface area (Å²) >= 11 is 0. The van der Waals surface area contributed by atoms with E-state index in [1.165, 1.54) is 41.1 Å². The molecule has 0 aliphatic carbocycles. The Morgan fingerprint density at radius 2 is 1.85 bits per heavy atom. The maximum atomic E-state index is 13.7. The third-order valence-corrected chi connectivity index (χ3v) is 3.92. The first-order valence-electron chi connectivity index (χ1n) is 8.11. The first kappa shape index (κ1) is 18.6. The molecule has 2 aromatic carbocycles. The average Bonchev–Trinajstić information content (AvgIpc) is 3.07. The Balaban J connectivity index is 1.94. The van der Waals surface area contributed by atoms with Crippen LogP contribution in [0.15, 0.2) is 54.6 Å². The predicted octanol–water partition coefficient (Wildman–Crippen LogP) is 4.98. The molecular weight excluding hydrogens is 362 g/mol. The van der Waals surface area contributed by atoms with Gasteiger partial charge in [0.25, 0.3) is 5.91 Å². The number of carbonyl (C=O) groups excluding carboxylic acids is 1. The number of alkyl halides is 3. The number of hydrogen-bond donors (Lipinski definition) is 1. The van der Waals surface area contributed by atoms with Crippen LogP contribution in [-0.2, 0) is 12.7 Å². The summed E-state index contributed by atoms with van der Waals surface area (Å²) in [6.07, 6.45) is -4.47. The van der Waals surface area contributed by atoms with E-state index >= 15 is 0 Å². The largest absolute Gasteiger partial charge is 0.416 e. The molecule has 0 saturated heterocycles. The highest BCUT2D eigenvalue weighted by Crippen LogP contribution is 2.32. The quantitative estimate of drug-likeness (QED) is 0.652. The third-order valence-electron chi connectivity index (χ3n) is 3.92. The van der Waals surface area contributed by atoms with E-state index in [9.17, 15) is 22.4 Å². The second-order valence-electron chi connectivity index (χ2n) is 5.74. The summed E-state index contributed by atoms with van der Waals surface area (Å²) in [4.78, 5) is 12.4. The molecule has 0 radical (unpaired) electrons. The summed E-state index contributed by atoms with van der Waals surface area (Å²) in [7, 11) is 0. The molecule has 140 valence electrons. The molecule has 0 fully saturated rings. The van der Waals surface area contributed by atoms with E-state index in [1.807, 2.05) is 0 Å². The van der Waals surface area contributed by atoms with Crippen molar-refractivity contribution in [1.82, 2.24) is 9.78 Å². The SMILES string of the molecule is CCn1nc(C(=O)Nc2ccccc2F)cc1-c1cccc(C(F)(F)F)c1. The number of hydrogen-bond acceptors (Lipinski definition) is 2. The van der Waals surface area contributed by atoms with Crippen LogP contribution in [0, 0.1) is 5.82 Å². The fourth-order valence-electron chi connectivity index (χ4n) is 2.60. The molecule has 3 aromatic rings. The number of amides is 1. The van der Waals surface area contributed by atoms with Crippen LogP contribution in [0.2, 0.25) is 0 Å². The number of rotatable bonds is 4. The number of anilines is 1. The molecule has 1 aromatic heterocycles. The van der Waals surface area contributed by atoms with Gasteiger partial charge < -0.3 is 5.32 Å². The van der Waals surface area contributed by atoms with Gasteiger partial charge in [-0.15, -0.1) is 0 Å². The van der Waals surface area contributed by atoms with E-state index in [2.05, 4.69) is 10.4 Å². The molecule has 3 rings (SSSR count). The van der Waals surface area contributed by atoms with E-state index in [-0.39, 0.29) is 16.9 Å². The number of nitrogens with zero attached hydrogens (tertiary/aromatic N) is 2. The van der Waals surface area contributed by atoms with Gasteiger partial charge in [-0.3, -0.25) is 9.48 Å². The lowest BCUT2D eigenvalue weighted by Crippen LogP contribution is -2.14. The number of benzene rings is 2. The van der Waals surface area contributed by atoms with Crippen LogP contribution >= 0.6 is 0 Å². The molecule has 1 amide bonds. The van der Waals surface area contributed by atoms with E-state index in [4.69, 9.17) is 0 Å². The topological polar surface area (TPSA) is 46.9 Å². The van der Waals surface area contributed by atoms with Gasteiger partial charge in [0, 0.05) is 12.1 Å². The van der Waals surface area contributed by atoms with Crippen LogP contribution in [0.4, 0.5) is 23.2 Å². The van der Waals surface area contributed by atoms with Crippen molar-refractivity contribution in [3.63, 3.8) is 0 Å². The van der Waals surface area contributed by atoms with Gasteiger partial charge in [0.1, 0.15) is 5.82 Å². The first-order chi connectivity index (χ1) is 12.8. The molecule has 0 saturated carbocycles. The van der Waals surface area contributed by atoms with Gasteiger partial charge in [-0.2, -0.15) is 18.3 Å². The van der Waals surface area contributed by atoms with E-state index < -0.39 is 23.5 Å². The molecule has 27 heavy (non-hydrogen) atoms. The Morgan fingerprint density at radius 3 is 2.52 bits per heavy atom. The van der Waals surface area contributed by atoms with E-state index in [0.29, 0.717) is 12.2 Å². The number of aromatic nitrogens is 2. The average molecular weight is 377 g/mol. The lowest BCUT2D eigenvalue weighted by molar-refractivity contribution is -0.137. The summed E-state index contributed by atoms with van der Waals surface area (Å²) in [6.45, 7) is 2.10. The highest BCUT2D eigenvalue weighted by atomic mass is 19.4. The van der Waals surface area contributed by atoms with Gasteiger partial charge in [-0.1, -0.05) is 24.3 Å². The summed E-state index contributed by atoms with van der Waals surface area (Å²) < 4.78 is 54.0. The van der Waals surface area contributed by atoms with Crippen molar-refractivity contribution in [3.05, 3.63) is 71.7 Å². The smallest absolute Gasteiger partial charge is 0.318 e. The third kappa shape index (κ3) is 3.99. The van der Waals surface area contributed by atoms with Crippen LogP contribution < -0.4 is 5.32 Å². The van der Waals surface area contributed by atoms with Crippen molar-refractivity contribution in [2.45, 2.75) is 19.6 Å². The molecule has 0 unspecified atom stereocenters. The second-order valence-corrected chi connectivity index (χ2v) is 5.74. The van der Waals surface area contributed by atoms with Gasteiger partial charge in [-0.05, 0) is 37.3 Å². The monoisotopic (exact) mass is 377 g/mol. The predicted molar refractivity (Wildman–Crippen MR) is 92.7 cm³/mol. The summed E-state index contributed by atoms with van der Waals surface area (Å²) in [5.74, 6) is -1.25. The Bertz CT molecular complexity index is 979. The fraction of sp³-hybridized carbons (Fsp3) is 0.158. The fourth-order valence-corrected chi connectivity index (χ4v) is 2.60. The second kappa shape index (κ2) is 7.22. The first-order valence-corrected chi connectivity index (χ1v) is 8.11. The minimum Gasteiger partial charge on any atom is -0.318 e. The van der Waals surface area contributed by atoms with E-state index in [0.717, 1.165) is 12.1 Å². The van der Waals surface area contributed by atoms with Gasteiger partial charge in [0.2, 0.25) is 0 Å². The normalized spacial score (nSPS) is 11.4. The Morgan fingerprint density at radius 1 is 1.11 bits per heavy atom. The Labute approximate surface area is 152 Å². The molecule has 0 spiro atoms. The minimum atomic E-state index is -4.47. The number of carbonyl (C=O) groups is 1. The number of aryl methyl sites for hydroxylation is 1. The van der Waals surface area contributed by atoms with Gasteiger partial charge >= 0.3 is 6.18 Å². The number of halogens is 4. The molecule has 1 heterocycles. The minimum absolute atomic E-state index is 0.00540. The van der Waals surface area contributed by atoms with Crippen LogP contribution in [0.5, 0.6) is 0 Å². The summed E-state index contributed by atoms with van der Waals surface area (Å²) in [6, 6.07) is 11.8. The van der Waals surface area contributed by atoms with Gasteiger partial charge in [-0.25, -0.2) is 4.39 Å².